The van der Waals surface area contributed by atoms with E-state index < -0.39 is 11.1 Å². The molecule has 6 nitrogen and oxygen atoms in total. The molecule has 0 bridgehead atoms. The van der Waals surface area contributed by atoms with E-state index in [1.165, 1.54) is 12.3 Å². The number of nitrogens with zero attached hydrogens (tertiary/aromatic N) is 2. The van der Waals surface area contributed by atoms with Crippen molar-refractivity contribution in [2.24, 2.45) is 10.7 Å². The van der Waals surface area contributed by atoms with Gasteiger partial charge in [0.15, 0.2) is 5.54 Å². The lowest BCUT2D eigenvalue weighted by Crippen LogP contribution is -2.62. The summed E-state index contributed by atoms with van der Waals surface area (Å²) in [6.45, 7) is 2.99. The number of hydrogen-bond acceptors (Lipinski definition) is 6. The molecule has 1 fully saturated rings. The first kappa shape index (κ1) is 16.5. The number of benzene rings is 1. The van der Waals surface area contributed by atoms with Crippen LogP contribution in [0, 0.1) is 5.82 Å². The molecule has 3 atom stereocenters. The summed E-state index contributed by atoms with van der Waals surface area (Å²) in [5.41, 5.74) is 6.97. The molecule has 0 saturated carbocycles. The summed E-state index contributed by atoms with van der Waals surface area (Å²) in [6.07, 6.45) is 4.29. The first-order valence-electron chi connectivity index (χ1n) is 9.04. The molecule has 2 N–H and O–H groups in total. The summed E-state index contributed by atoms with van der Waals surface area (Å²) in [5.74, 6) is 0.347. The summed E-state index contributed by atoms with van der Waals surface area (Å²) >= 11 is 0. The molecule has 1 aromatic heterocycles. The van der Waals surface area contributed by atoms with E-state index in [2.05, 4.69) is 16.9 Å². The maximum Gasteiger partial charge on any atom is 0.283 e. The van der Waals surface area contributed by atoms with Crippen molar-refractivity contribution in [3.63, 3.8) is 0 Å². The molecule has 3 aliphatic heterocycles. The van der Waals surface area contributed by atoms with Gasteiger partial charge in [-0.1, -0.05) is 6.07 Å². The van der Waals surface area contributed by atoms with E-state index in [1.54, 1.807) is 6.20 Å². The third kappa shape index (κ3) is 2.41. The van der Waals surface area contributed by atoms with Crippen molar-refractivity contribution in [2.45, 2.75) is 37.0 Å². The van der Waals surface area contributed by atoms with Crippen molar-refractivity contribution < 1.29 is 18.6 Å². The number of hydrogen-bond donors (Lipinski definition) is 1. The van der Waals surface area contributed by atoms with Gasteiger partial charge >= 0.3 is 0 Å². The van der Waals surface area contributed by atoms with Gasteiger partial charge in [0.2, 0.25) is 0 Å². The van der Waals surface area contributed by atoms with Crippen LogP contribution in [0.25, 0.3) is 11.1 Å². The number of pyridine rings is 1. The summed E-state index contributed by atoms with van der Waals surface area (Å²) in [4.78, 5) is 8.63. The lowest BCUT2D eigenvalue weighted by atomic mass is 9.72. The Hall–Kier alpha value is -2.67. The van der Waals surface area contributed by atoms with Crippen molar-refractivity contribution in [1.29, 1.82) is 0 Å². The lowest BCUT2D eigenvalue weighted by molar-refractivity contribution is -0.167. The fraction of sp³-hybridized carbons (Fsp3) is 0.400. The van der Waals surface area contributed by atoms with Gasteiger partial charge in [-0.25, -0.2) is 9.38 Å². The fourth-order valence-corrected chi connectivity index (χ4v) is 4.50. The third-order valence-electron chi connectivity index (χ3n) is 5.67. The Morgan fingerprint density at radius 1 is 1.22 bits per heavy atom. The molecule has 27 heavy (non-hydrogen) atoms. The van der Waals surface area contributed by atoms with Gasteiger partial charge in [0.25, 0.3) is 6.02 Å². The Balaban J connectivity index is 1.70. The monoisotopic (exact) mass is 369 g/mol. The molecule has 4 heterocycles. The first-order valence-corrected chi connectivity index (χ1v) is 9.04. The van der Waals surface area contributed by atoms with Gasteiger partial charge in [-0.05, 0) is 43.5 Å². The van der Waals surface area contributed by atoms with E-state index in [1.807, 2.05) is 18.2 Å². The van der Waals surface area contributed by atoms with Gasteiger partial charge in [-0.15, -0.1) is 0 Å². The van der Waals surface area contributed by atoms with Crippen LogP contribution in [0.1, 0.15) is 25.3 Å². The molecule has 2 aromatic rings. The summed E-state index contributed by atoms with van der Waals surface area (Å²) in [6, 6.07) is 7.36. The first-order chi connectivity index (χ1) is 13.0. The Morgan fingerprint density at radius 2 is 2.11 bits per heavy atom. The summed E-state index contributed by atoms with van der Waals surface area (Å²) in [7, 11) is 0. The number of halogens is 1. The Labute approximate surface area is 156 Å². The molecule has 1 aromatic carbocycles. The minimum Gasteiger partial charge on any atom is -0.484 e. The predicted octanol–water partition coefficient (Wildman–Crippen LogP) is 2.76. The van der Waals surface area contributed by atoms with Gasteiger partial charge in [-0.2, -0.15) is 0 Å². The molecular weight excluding hydrogens is 349 g/mol. The van der Waals surface area contributed by atoms with E-state index in [-0.39, 0.29) is 17.9 Å². The summed E-state index contributed by atoms with van der Waals surface area (Å²) < 4.78 is 31.8. The predicted molar refractivity (Wildman–Crippen MR) is 96.9 cm³/mol. The minimum absolute atomic E-state index is 0.150. The van der Waals surface area contributed by atoms with Crippen molar-refractivity contribution >= 4 is 6.02 Å². The van der Waals surface area contributed by atoms with Crippen LogP contribution in [0.4, 0.5) is 4.39 Å². The highest BCUT2D eigenvalue weighted by Gasteiger charge is 2.60. The average molecular weight is 369 g/mol. The topological polar surface area (TPSA) is 79.0 Å². The number of ether oxygens (including phenoxy) is 3. The molecule has 5 rings (SSSR count). The maximum absolute atomic E-state index is 13.6. The van der Waals surface area contributed by atoms with Crippen LogP contribution >= 0.6 is 0 Å². The number of nitrogens with two attached hydrogens (primary N) is 1. The van der Waals surface area contributed by atoms with E-state index in [0.29, 0.717) is 18.8 Å². The molecule has 7 heteroatoms. The maximum atomic E-state index is 13.6. The molecule has 1 saturated heterocycles. The Bertz CT molecular complexity index is 950. The van der Waals surface area contributed by atoms with Gasteiger partial charge in [0, 0.05) is 23.9 Å². The number of aliphatic imine (C=N–C) groups is 1. The highest BCUT2D eigenvalue weighted by Crippen LogP contribution is 2.52. The zero-order chi connectivity index (χ0) is 18.6. The molecule has 1 spiro atoms. The molecule has 1 unspecified atom stereocenters. The second-order valence-corrected chi connectivity index (χ2v) is 7.53. The quantitative estimate of drug-likeness (QED) is 0.836. The standard InChI is InChI=1S/C20H20FN3O3/c1-19-5-2-6-25-17(19)20(11-26-18(22)24-20)15-8-12(3-4-16(15)27-19)13-7-14(21)10-23-9-13/h3-4,7-10,17H,2,5-6,11H2,1H3,(H2,22,24)/t17-,19-,20?/m0/s1. The van der Waals surface area contributed by atoms with Gasteiger partial charge in [-0.3, -0.25) is 4.98 Å². The molecule has 0 aliphatic carbocycles. The van der Waals surface area contributed by atoms with Crippen molar-refractivity contribution in [2.75, 3.05) is 13.2 Å². The van der Waals surface area contributed by atoms with Crippen LogP contribution < -0.4 is 10.5 Å². The zero-order valence-corrected chi connectivity index (χ0v) is 14.9. The van der Waals surface area contributed by atoms with Crippen LogP contribution in [0.5, 0.6) is 5.75 Å². The van der Waals surface area contributed by atoms with Crippen LogP contribution in [0.15, 0.2) is 41.7 Å². The SMILES string of the molecule is C[C@]12CCCO[C@@H]1C1(COC(N)=N1)c1cc(-c3cncc(F)c3)ccc1O2. The molecule has 3 aliphatic rings. The highest BCUT2D eigenvalue weighted by molar-refractivity contribution is 5.75. The fourth-order valence-electron chi connectivity index (χ4n) is 4.50. The molecule has 0 radical (unpaired) electrons. The van der Waals surface area contributed by atoms with Gasteiger partial charge < -0.3 is 19.9 Å². The number of fused-ring (bicyclic) bond motifs is 4. The van der Waals surface area contributed by atoms with Crippen LogP contribution in [-0.4, -0.2) is 35.9 Å². The molecule has 140 valence electrons. The zero-order valence-electron chi connectivity index (χ0n) is 14.9. The van der Waals surface area contributed by atoms with Crippen molar-refractivity contribution in [3.05, 3.63) is 48.0 Å². The molecular formula is C20H20FN3O3. The van der Waals surface area contributed by atoms with Gasteiger partial charge in [0.05, 0.1) is 6.20 Å². The van der Waals surface area contributed by atoms with E-state index in [4.69, 9.17) is 19.9 Å². The lowest BCUT2D eigenvalue weighted by Gasteiger charge is -2.51. The number of amidine groups is 1. The van der Waals surface area contributed by atoms with E-state index in [9.17, 15) is 4.39 Å². The van der Waals surface area contributed by atoms with Crippen molar-refractivity contribution in [3.8, 4) is 16.9 Å². The average Bonchev–Trinajstić information content (AvgIpc) is 3.04. The summed E-state index contributed by atoms with van der Waals surface area (Å²) in [5, 5.41) is 0. The second kappa shape index (κ2) is 5.66. The largest absolute Gasteiger partial charge is 0.484 e. The van der Waals surface area contributed by atoms with E-state index >= 15 is 0 Å². The smallest absolute Gasteiger partial charge is 0.283 e. The Morgan fingerprint density at radius 3 is 2.89 bits per heavy atom. The normalized spacial score (nSPS) is 31.5. The second-order valence-electron chi connectivity index (χ2n) is 7.53. The minimum atomic E-state index is -0.774. The van der Waals surface area contributed by atoms with Crippen LogP contribution in [0.3, 0.4) is 0 Å². The Kier molecular flexibility index (Phi) is 3.46. The van der Waals surface area contributed by atoms with E-state index in [0.717, 1.165) is 29.7 Å². The van der Waals surface area contributed by atoms with Crippen molar-refractivity contribution in [1.82, 2.24) is 4.98 Å². The highest BCUT2D eigenvalue weighted by atomic mass is 19.1. The third-order valence-corrected chi connectivity index (χ3v) is 5.67. The van der Waals surface area contributed by atoms with Gasteiger partial charge in [0.1, 0.15) is 29.9 Å². The van der Waals surface area contributed by atoms with Crippen LogP contribution in [0.2, 0.25) is 0 Å². The van der Waals surface area contributed by atoms with Crippen LogP contribution in [-0.2, 0) is 15.0 Å². The molecule has 0 amide bonds. The number of rotatable bonds is 1. The number of aromatic nitrogens is 1.